The SMILES string of the molecule is C=C(/C(=C\Nc1ccc(-c2cc3ccccc3n2C)cc1)C(=O)O)N(C(=O)C1CCCCC1)C(C)C.CC. The van der Waals surface area contributed by atoms with Crippen molar-refractivity contribution >= 4 is 28.5 Å². The van der Waals surface area contributed by atoms with Crippen LogP contribution in [0, 0.1) is 5.92 Å². The summed E-state index contributed by atoms with van der Waals surface area (Å²) in [5.74, 6) is -1.22. The molecule has 1 saturated carbocycles. The summed E-state index contributed by atoms with van der Waals surface area (Å²) < 4.78 is 2.16. The number of nitrogens with one attached hydrogen (secondary N) is 1. The van der Waals surface area contributed by atoms with Gasteiger partial charge in [0.1, 0.15) is 0 Å². The fourth-order valence-corrected chi connectivity index (χ4v) is 5.10. The summed E-state index contributed by atoms with van der Waals surface area (Å²) in [4.78, 5) is 27.0. The van der Waals surface area contributed by atoms with Crippen LogP contribution in [0.1, 0.15) is 59.8 Å². The molecule has 0 aliphatic heterocycles. The van der Waals surface area contributed by atoms with Crippen LogP contribution in [0.2, 0.25) is 0 Å². The summed E-state index contributed by atoms with van der Waals surface area (Å²) in [6.45, 7) is 11.8. The lowest BCUT2D eigenvalue weighted by atomic mass is 9.87. The number of para-hydroxylation sites is 1. The minimum absolute atomic E-state index is 0.0226. The van der Waals surface area contributed by atoms with Gasteiger partial charge in [-0.25, -0.2) is 4.79 Å². The quantitative estimate of drug-likeness (QED) is 0.239. The second-order valence-corrected chi connectivity index (χ2v) is 9.82. The molecule has 202 valence electrons. The highest BCUT2D eigenvalue weighted by Crippen LogP contribution is 2.30. The number of rotatable bonds is 8. The Morgan fingerprint density at radius 3 is 2.26 bits per heavy atom. The maximum atomic E-state index is 13.3. The van der Waals surface area contributed by atoms with Gasteiger partial charge in [0.05, 0.1) is 11.3 Å². The number of anilines is 1. The number of hydrogen-bond donors (Lipinski definition) is 2. The number of hydrogen-bond acceptors (Lipinski definition) is 3. The molecule has 4 rings (SSSR count). The van der Waals surface area contributed by atoms with Gasteiger partial charge in [0.15, 0.2) is 0 Å². The molecule has 2 aromatic carbocycles. The molecule has 3 aromatic rings. The van der Waals surface area contributed by atoms with E-state index >= 15 is 0 Å². The maximum Gasteiger partial charge on any atom is 0.339 e. The normalized spacial score (nSPS) is 14.1. The first-order chi connectivity index (χ1) is 18.3. The fraction of sp³-hybridized carbons (Fsp3) is 0.375. The zero-order valence-electron chi connectivity index (χ0n) is 23.3. The lowest BCUT2D eigenvalue weighted by Gasteiger charge is -2.33. The number of benzene rings is 2. The average Bonchev–Trinajstić information content (AvgIpc) is 3.27. The van der Waals surface area contributed by atoms with Crippen LogP contribution in [-0.2, 0) is 16.6 Å². The molecular formula is C32H41N3O3. The van der Waals surface area contributed by atoms with Crippen molar-refractivity contribution < 1.29 is 14.7 Å². The second kappa shape index (κ2) is 13.1. The van der Waals surface area contributed by atoms with Gasteiger partial charge >= 0.3 is 5.97 Å². The number of aliphatic carboxylic acids is 1. The van der Waals surface area contributed by atoms with Gasteiger partial charge in [0, 0.05) is 47.5 Å². The van der Waals surface area contributed by atoms with Gasteiger partial charge in [0.25, 0.3) is 0 Å². The highest BCUT2D eigenvalue weighted by atomic mass is 16.4. The highest BCUT2D eigenvalue weighted by Gasteiger charge is 2.31. The molecule has 0 atom stereocenters. The number of aromatic nitrogens is 1. The van der Waals surface area contributed by atoms with Crippen molar-refractivity contribution in [2.24, 2.45) is 13.0 Å². The van der Waals surface area contributed by atoms with E-state index in [-0.39, 0.29) is 29.1 Å². The molecule has 6 nitrogen and oxygen atoms in total. The summed E-state index contributed by atoms with van der Waals surface area (Å²) in [7, 11) is 2.05. The number of amides is 1. The Morgan fingerprint density at radius 2 is 1.68 bits per heavy atom. The molecule has 0 spiro atoms. The molecule has 0 bridgehead atoms. The molecule has 1 fully saturated rings. The molecule has 0 saturated heterocycles. The first-order valence-electron chi connectivity index (χ1n) is 13.6. The van der Waals surface area contributed by atoms with Gasteiger partial charge < -0.3 is 19.9 Å². The van der Waals surface area contributed by atoms with Gasteiger partial charge in [-0.1, -0.05) is 70.0 Å². The standard InChI is InChI=1S/C30H35N3O3.C2H6/c1-20(2)33(29(34)23-10-6-5-7-11-23)21(3)26(30(35)36)19-31-25-16-14-22(15-17-25)28-18-24-12-8-9-13-27(24)32(28)4;1-2/h8-9,12-20,23,31H,3,5-7,10-11H2,1-2,4H3,(H,35,36);1-2H3/b26-19+;. The van der Waals surface area contributed by atoms with Gasteiger partial charge in [-0.05, 0) is 56.5 Å². The molecule has 1 heterocycles. The van der Waals surface area contributed by atoms with Crippen molar-refractivity contribution in [3.05, 3.63) is 78.6 Å². The number of fused-ring (bicyclic) bond motifs is 1. The minimum Gasteiger partial charge on any atom is -0.478 e. The molecule has 38 heavy (non-hydrogen) atoms. The van der Waals surface area contributed by atoms with Crippen molar-refractivity contribution in [1.29, 1.82) is 0 Å². The Kier molecular flexibility index (Phi) is 9.94. The topological polar surface area (TPSA) is 74.6 Å². The molecule has 0 unspecified atom stereocenters. The third-order valence-corrected chi connectivity index (χ3v) is 7.06. The zero-order valence-corrected chi connectivity index (χ0v) is 23.3. The van der Waals surface area contributed by atoms with Gasteiger partial charge in [0.2, 0.25) is 5.91 Å². The van der Waals surface area contributed by atoms with Crippen LogP contribution in [0.25, 0.3) is 22.2 Å². The Morgan fingerprint density at radius 1 is 1.05 bits per heavy atom. The molecule has 1 aliphatic rings. The number of nitrogens with zero attached hydrogens (tertiary/aromatic N) is 2. The molecular weight excluding hydrogens is 474 g/mol. The third-order valence-electron chi connectivity index (χ3n) is 7.06. The van der Waals surface area contributed by atoms with Crippen LogP contribution in [0.3, 0.4) is 0 Å². The van der Waals surface area contributed by atoms with Crippen molar-refractivity contribution in [2.45, 2.75) is 65.8 Å². The summed E-state index contributed by atoms with van der Waals surface area (Å²) in [5, 5.41) is 14.2. The largest absolute Gasteiger partial charge is 0.478 e. The highest BCUT2D eigenvalue weighted by molar-refractivity contribution is 5.94. The predicted octanol–water partition coefficient (Wildman–Crippen LogP) is 7.58. The summed E-state index contributed by atoms with van der Waals surface area (Å²) in [6.07, 6.45) is 6.35. The van der Waals surface area contributed by atoms with E-state index < -0.39 is 5.97 Å². The Hall–Kier alpha value is -3.80. The van der Waals surface area contributed by atoms with Crippen LogP contribution in [-0.4, -0.2) is 32.5 Å². The second-order valence-electron chi connectivity index (χ2n) is 9.82. The number of aryl methyl sites for hydroxylation is 1. The number of carbonyl (C=O) groups is 2. The Balaban J connectivity index is 0.00000195. The zero-order chi connectivity index (χ0) is 27.8. The molecule has 1 aliphatic carbocycles. The minimum atomic E-state index is -1.12. The van der Waals surface area contributed by atoms with E-state index in [0.29, 0.717) is 0 Å². The van der Waals surface area contributed by atoms with Crippen LogP contribution in [0.15, 0.2) is 78.6 Å². The lowest BCUT2D eigenvalue weighted by Crippen LogP contribution is -2.41. The molecule has 0 radical (unpaired) electrons. The van der Waals surface area contributed by atoms with Crippen molar-refractivity contribution in [3.63, 3.8) is 0 Å². The fourth-order valence-electron chi connectivity index (χ4n) is 5.10. The Labute approximate surface area is 226 Å². The van der Waals surface area contributed by atoms with Crippen molar-refractivity contribution in [2.75, 3.05) is 5.32 Å². The molecule has 1 amide bonds. The van der Waals surface area contributed by atoms with E-state index in [1.165, 1.54) is 17.1 Å². The predicted molar refractivity (Wildman–Crippen MR) is 157 cm³/mol. The average molecular weight is 516 g/mol. The first-order valence-corrected chi connectivity index (χ1v) is 13.6. The number of carbonyl (C=O) groups excluding carboxylic acids is 1. The van der Waals surface area contributed by atoms with Gasteiger partial charge in [-0.3, -0.25) is 4.79 Å². The number of carboxylic acid groups (broad SMARTS) is 1. The van der Waals surface area contributed by atoms with E-state index in [9.17, 15) is 14.7 Å². The molecule has 2 N–H and O–H groups in total. The third kappa shape index (κ3) is 6.36. The maximum absolute atomic E-state index is 13.3. The summed E-state index contributed by atoms with van der Waals surface area (Å²) in [6, 6.07) is 18.1. The van der Waals surface area contributed by atoms with Crippen molar-refractivity contribution in [3.8, 4) is 11.3 Å². The van der Waals surface area contributed by atoms with E-state index in [0.717, 1.165) is 49.0 Å². The molecule has 1 aromatic heterocycles. The van der Waals surface area contributed by atoms with Gasteiger partial charge in [-0.2, -0.15) is 0 Å². The molecule has 6 heteroatoms. The van der Waals surface area contributed by atoms with Crippen molar-refractivity contribution in [1.82, 2.24) is 9.47 Å². The van der Waals surface area contributed by atoms with Crippen LogP contribution >= 0.6 is 0 Å². The van der Waals surface area contributed by atoms with Crippen LogP contribution in [0.5, 0.6) is 0 Å². The van der Waals surface area contributed by atoms with E-state index in [2.05, 4.69) is 34.7 Å². The van der Waals surface area contributed by atoms with E-state index in [1.54, 1.807) is 4.90 Å². The Bertz CT molecular complexity index is 1300. The van der Waals surface area contributed by atoms with Gasteiger partial charge in [-0.15, -0.1) is 0 Å². The summed E-state index contributed by atoms with van der Waals surface area (Å²) >= 11 is 0. The first kappa shape index (κ1) is 28.8. The van der Waals surface area contributed by atoms with Crippen LogP contribution < -0.4 is 5.32 Å². The smallest absolute Gasteiger partial charge is 0.339 e. The monoisotopic (exact) mass is 515 g/mol. The summed E-state index contributed by atoms with van der Waals surface area (Å²) in [5.41, 5.74) is 4.28. The van der Waals surface area contributed by atoms with E-state index in [1.807, 2.05) is 71.1 Å². The van der Waals surface area contributed by atoms with Crippen LogP contribution in [0.4, 0.5) is 5.69 Å². The lowest BCUT2D eigenvalue weighted by molar-refractivity contribution is -0.136. The number of carboxylic acids is 1. The van der Waals surface area contributed by atoms with E-state index in [4.69, 9.17) is 0 Å².